The summed E-state index contributed by atoms with van der Waals surface area (Å²) in [6, 6.07) is 47.6. The minimum absolute atomic E-state index is 0.582. The molecule has 0 aliphatic heterocycles. The quantitative estimate of drug-likeness (QED) is 0.154. The predicted molar refractivity (Wildman–Crippen MR) is 198 cm³/mol. The molecule has 0 aliphatic carbocycles. The standard InChI is InChI=1S/C40H29BrCl2N2O/c1-26-10-8-11-27(2)40(26)45(36-24-30(42)23-35(41)39(36)43)34-16-9-15-33(25-34)44(31-13-4-3-5-14-31)32-20-18-28(19-21-32)38-22-29-12-6-7-17-37(29)46-38/h3-25H,1-2H3. The lowest BCUT2D eigenvalue weighted by atomic mass is 10.1. The molecular weight excluding hydrogens is 675 g/mol. The molecule has 0 amide bonds. The normalized spacial score (nSPS) is 11.2. The van der Waals surface area contributed by atoms with Crippen molar-refractivity contribution in [3.63, 3.8) is 0 Å². The lowest BCUT2D eigenvalue weighted by Crippen LogP contribution is -2.15. The monoisotopic (exact) mass is 702 g/mol. The molecule has 3 nitrogen and oxygen atoms in total. The van der Waals surface area contributed by atoms with Crippen molar-refractivity contribution >= 4 is 84.2 Å². The van der Waals surface area contributed by atoms with Crippen molar-refractivity contribution in [2.24, 2.45) is 0 Å². The third kappa shape index (κ3) is 5.80. The zero-order chi connectivity index (χ0) is 31.8. The summed E-state index contributed by atoms with van der Waals surface area (Å²) in [6.07, 6.45) is 0. The average molecular weight is 704 g/mol. The molecule has 0 saturated heterocycles. The first kappa shape index (κ1) is 30.2. The van der Waals surface area contributed by atoms with Crippen LogP contribution in [0.3, 0.4) is 0 Å². The number of aryl methyl sites for hydroxylation is 2. The van der Waals surface area contributed by atoms with Crippen LogP contribution in [0.25, 0.3) is 22.3 Å². The fourth-order valence-corrected chi connectivity index (χ4v) is 6.93. The van der Waals surface area contributed by atoms with Crippen molar-refractivity contribution in [2.45, 2.75) is 13.8 Å². The van der Waals surface area contributed by atoms with Crippen LogP contribution < -0.4 is 9.80 Å². The van der Waals surface area contributed by atoms with E-state index in [1.54, 1.807) is 0 Å². The minimum atomic E-state index is 0.582. The smallest absolute Gasteiger partial charge is 0.135 e. The van der Waals surface area contributed by atoms with E-state index in [0.717, 1.165) is 72.0 Å². The number of furan rings is 1. The molecule has 0 spiro atoms. The second kappa shape index (κ2) is 12.7. The van der Waals surface area contributed by atoms with E-state index in [2.05, 4.69) is 143 Å². The van der Waals surface area contributed by atoms with Crippen LogP contribution in [0.2, 0.25) is 10.0 Å². The van der Waals surface area contributed by atoms with Gasteiger partial charge in [-0.1, -0.05) is 83.9 Å². The molecule has 0 saturated carbocycles. The first-order valence-electron chi connectivity index (χ1n) is 14.9. The van der Waals surface area contributed by atoms with E-state index in [1.807, 2.05) is 36.4 Å². The van der Waals surface area contributed by atoms with Crippen molar-refractivity contribution in [1.29, 1.82) is 0 Å². The molecule has 226 valence electrons. The molecule has 0 unspecified atom stereocenters. The average Bonchev–Trinajstić information content (AvgIpc) is 3.50. The fraction of sp³-hybridized carbons (Fsp3) is 0.0500. The lowest BCUT2D eigenvalue weighted by molar-refractivity contribution is 0.631. The second-order valence-electron chi connectivity index (χ2n) is 11.2. The second-order valence-corrected chi connectivity index (χ2v) is 12.9. The lowest BCUT2D eigenvalue weighted by Gasteiger charge is -2.32. The number of fused-ring (bicyclic) bond motifs is 1. The zero-order valence-electron chi connectivity index (χ0n) is 25.2. The molecule has 0 fully saturated rings. The summed E-state index contributed by atoms with van der Waals surface area (Å²) in [6.45, 7) is 4.24. The molecule has 0 bridgehead atoms. The van der Waals surface area contributed by atoms with E-state index in [9.17, 15) is 0 Å². The summed E-state index contributed by atoms with van der Waals surface area (Å²) in [7, 11) is 0. The number of benzene rings is 6. The van der Waals surface area contributed by atoms with Crippen molar-refractivity contribution < 1.29 is 4.42 Å². The Morgan fingerprint density at radius 1 is 0.565 bits per heavy atom. The minimum Gasteiger partial charge on any atom is -0.456 e. The highest BCUT2D eigenvalue weighted by atomic mass is 79.9. The molecule has 6 heteroatoms. The number of hydrogen-bond donors (Lipinski definition) is 0. The molecule has 0 radical (unpaired) electrons. The summed E-state index contributed by atoms with van der Waals surface area (Å²) in [4.78, 5) is 4.45. The highest BCUT2D eigenvalue weighted by Gasteiger charge is 2.23. The number of nitrogens with zero attached hydrogens (tertiary/aromatic N) is 2. The van der Waals surface area contributed by atoms with E-state index in [4.69, 9.17) is 27.6 Å². The maximum absolute atomic E-state index is 6.98. The van der Waals surface area contributed by atoms with Gasteiger partial charge in [-0.05, 0) is 120 Å². The number of rotatable bonds is 7. The molecular formula is C40H29BrCl2N2O. The SMILES string of the molecule is Cc1cccc(C)c1N(c1cccc(N(c2ccccc2)c2ccc(-c3cc4ccccc4o3)cc2)c1)c1cc(Cl)cc(Br)c1Cl. The van der Waals surface area contributed by atoms with Crippen LogP contribution in [0.5, 0.6) is 0 Å². The number of halogens is 3. The zero-order valence-corrected chi connectivity index (χ0v) is 28.3. The Bertz CT molecular complexity index is 2120. The maximum Gasteiger partial charge on any atom is 0.135 e. The van der Waals surface area contributed by atoms with Crippen LogP contribution in [0, 0.1) is 13.8 Å². The van der Waals surface area contributed by atoms with Gasteiger partial charge in [-0.25, -0.2) is 0 Å². The van der Waals surface area contributed by atoms with Crippen LogP contribution in [0.15, 0.2) is 148 Å². The van der Waals surface area contributed by atoms with Crippen LogP contribution in [0.1, 0.15) is 11.1 Å². The van der Waals surface area contributed by atoms with Gasteiger partial charge in [0.05, 0.1) is 16.4 Å². The fourth-order valence-electron chi connectivity index (χ4n) is 5.95. The third-order valence-electron chi connectivity index (χ3n) is 8.07. The molecule has 0 N–H and O–H groups in total. The first-order valence-corrected chi connectivity index (χ1v) is 16.5. The molecule has 0 aliphatic rings. The van der Waals surface area contributed by atoms with Gasteiger partial charge in [0.2, 0.25) is 0 Å². The van der Waals surface area contributed by atoms with Gasteiger partial charge in [0.1, 0.15) is 11.3 Å². The van der Waals surface area contributed by atoms with Crippen LogP contribution >= 0.6 is 39.1 Å². The molecule has 46 heavy (non-hydrogen) atoms. The molecule has 7 rings (SSSR count). The van der Waals surface area contributed by atoms with Crippen molar-refractivity contribution in [3.05, 3.63) is 165 Å². The van der Waals surface area contributed by atoms with Gasteiger partial charge < -0.3 is 14.2 Å². The third-order valence-corrected chi connectivity index (χ3v) is 9.54. The molecule has 7 aromatic rings. The van der Waals surface area contributed by atoms with Gasteiger partial charge in [0.25, 0.3) is 0 Å². The first-order chi connectivity index (χ1) is 22.4. The summed E-state index contributed by atoms with van der Waals surface area (Å²) in [5, 5.41) is 2.26. The number of hydrogen-bond acceptors (Lipinski definition) is 3. The summed E-state index contributed by atoms with van der Waals surface area (Å²) < 4.78 is 6.89. The molecule has 1 heterocycles. The van der Waals surface area contributed by atoms with Crippen molar-refractivity contribution in [1.82, 2.24) is 0 Å². The van der Waals surface area contributed by atoms with Crippen molar-refractivity contribution in [2.75, 3.05) is 9.80 Å². The van der Waals surface area contributed by atoms with Crippen molar-refractivity contribution in [3.8, 4) is 11.3 Å². The number of para-hydroxylation sites is 3. The number of anilines is 6. The van der Waals surface area contributed by atoms with Gasteiger partial charge in [-0.15, -0.1) is 0 Å². The van der Waals surface area contributed by atoms with Gasteiger partial charge in [0.15, 0.2) is 0 Å². The summed E-state index contributed by atoms with van der Waals surface area (Å²) in [5.74, 6) is 0.842. The Morgan fingerprint density at radius 2 is 1.17 bits per heavy atom. The highest BCUT2D eigenvalue weighted by molar-refractivity contribution is 9.10. The van der Waals surface area contributed by atoms with E-state index in [1.165, 1.54) is 0 Å². The van der Waals surface area contributed by atoms with E-state index in [-0.39, 0.29) is 0 Å². The van der Waals surface area contributed by atoms with Gasteiger partial charge in [-0.3, -0.25) is 0 Å². The molecule has 1 aromatic heterocycles. The van der Waals surface area contributed by atoms with Crippen LogP contribution in [-0.4, -0.2) is 0 Å². The largest absolute Gasteiger partial charge is 0.456 e. The van der Waals surface area contributed by atoms with Crippen LogP contribution in [-0.2, 0) is 0 Å². The van der Waals surface area contributed by atoms with Crippen LogP contribution in [0.4, 0.5) is 34.1 Å². The Labute approximate surface area is 287 Å². The Morgan fingerprint density at radius 3 is 1.89 bits per heavy atom. The predicted octanol–water partition coefficient (Wildman–Crippen LogP) is 13.7. The Kier molecular flexibility index (Phi) is 8.35. The Hall–Kier alpha value is -4.48. The summed E-state index contributed by atoms with van der Waals surface area (Å²) >= 11 is 17.2. The van der Waals surface area contributed by atoms with E-state index < -0.39 is 0 Å². The van der Waals surface area contributed by atoms with E-state index in [0.29, 0.717) is 10.0 Å². The highest BCUT2D eigenvalue weighted by Crippen LogP contribution is 2.47. The summed E-state index contributed by atoms with van der Waals surface area (Å²) in [5.41, 5.74) is 9.99. The topological polar surface area (TPSA) is 19.6 Å². The maximum atomic E-state index is 6.98. The van der Waals surface area contributed by atoms with Gasteiger partial charge in [0, 0.05) is 43.2 Å². The van der Waals surface area contributed by atoms with E-state index >= 15 is 0 Å². The Balaban J connectivity index is 1.36. The van der Waals surface area contributed by atoms with Gasteiger partial charge >= 0.3 is 0 Å². The molecule has 6 aromatic carbocycles. The molecule has 0 atom stereocenters. The van der Waals surface area contributed by atoms with Gasteiger partial charge in [-0.2, -0.15) is 0 Å².